The van der Waals surface area contributed by atoms with Gasteiger partial charge in [-0.2, -0.15) is 0 Å². The van der Waals surface area contributed by atoms with Crippen molar-refractivity contribution < 1.29 is 42.9 Å². The molecule has 0 aliphatic heterocycles. The Hall–Kier alpha value is -3.79. The third kappa shape index (κ3) is 71.5. The molecule has 2 atom stereocenters. The van der Waals surface area contributed by atoms with Crippen LogP contribution in [-0.2, 0) is 33.3 Å². The quantitative estimate of drug-likeness (QED) is 0.0195. The van der Waals surface area contributed by atoms with Crippen LogP contribution in [0.4, 0.5) is 0 Å². The molecule has 0 spiro atoms. The summed E-state index contributed by atoms with van der Waals surface area (Å²) in [6, 6.07) is 0. The van der Waals surface area contributed by atoms with Crippen LogP contribution < -0.4 is 5.11 Å². The molecular formula is C80H141NO8. The molecule has 0 bridgehead atoms. The number of carboxylic acids is 1. The first-order valence-corrected chi connectivity index (χ1v) is 37.4. The summed E-state index contributed by atoms with van der Waals surface area (Å²) in [4.78, 5) is 37.5. The number of allylic oxidation sites excluding steroid dienone is 16. The Morgan fingerprint density at radius 3 is 0.955 bits per heavy atom. The largest absolute Gasteiger partial charge is 0.545 e. The molecule has 0 amide bonds. The minimum absolute atomic E-state index is 0.146. The lowest BCUT2D eigenvalue weighted by molar-refractivity contribution is -0.870. The van der Waals surface area contributed by atoms with Gasteiger partial charge in [0.2, 0.25) is 0 Å². The molecule has 0 N–H and O–H groups in total. The Morgan fingerprint density at radius 1 is 0.348 bits per heavy atom. The van der Waals surface area contributed by atoms with E-state index in [1.807, 2.05) is 21.1 Å². The van der Waals surface area contributed by atoms with E-state index in [1.165, 1.54) is 225 Å². The predicted octanol–water partition coefficient (Wildman–Crippen LogP) is 22.3. The Kier molecular flexibility index (Phi) is 67.1. The lowest BCUT2D eigenvalue weighted by atomic mass is 10.0. The van der Waals surface area contributed by atoms with E-state index in [-0.39, 0.29) is 38.6 Å². The molecule has 0 radical (unpaired) electrons. The van der Waals surface area contributed by atoms with Gasteiger partial charge in [0, 0.05) is 12.8 Å². The summed E-state index contributed by atoms with van der Waals surface area (Å²) in [5.74, 6) is -2.27. The maximum absolute atomic E-state index is 13.0. The first-order valence-electron chi connectivity index (χ1n) is 37.4. The summed E-state index contributed by atoms with van der Waals surface area (Å²) >= 11 is 0. The fourth-order valence-corrected chi connectivity index (χ4v) is 10.6. The molecule has 0 aromatic heterocycles. The second-order valence-corrected chi connectivity index (χ2v) is 26.2. The van der Waals surface area contributed by atoms with Gasteiger partial charge >= 0.3 is 11.9 Å². The van der Waals surface area contributed by atoms with Gasteiger partial charge in [-0.1, -0.05) is 323 Å². The number of esters is 2. The van der Waals surface area contributed by atoms with Crippen LogP contribution in [0.2, 0.25) is 0 Å². The Bertz CT molecular complexity index is 1790. The molecule has 0 aliphatic rings. The second kappa shape index (κ2) is 70.1. The minimum atomic E-state index is -1.63. The van der Waals surface area contributed by atoms with Gasteiger partial charge in [0.25, 0.3) is 0 Å². The van der Waals surface area contributed by atoms with Gasteiger partial charge < -0.3 is 33.3 Å². The monoisotopic (exact) mass is 1240 g/mol. The first kappa shape index (κ1) is 85.2. The summed E-state index contributed by atoms with van der Waals surface area (Å²) in [5.41, 5.74) is 0. The van der Waals surface area contributed by atoms with Crippen LogP contribution in [0.25, 0.3) is 0 Å². The molecule has 0 rings (SSSR count). The number of quaternary nitrogens is 1. The van der Waals surface area contributed by atoms with Crippen LogP contribution in [0, 0.1) is 0 Å². The van der Waals surface area contributed by atoms with Crippen LogP contribution in [0.5, 0.6) is 0 Å². The molecular weight excluding hydrogens is 1100 g/mol. The summed E-state index contributed by atoms with van der Waals surface area (Å²) in [5, 5.41) is 11.8. The van der Waals surface area contributed by atoms with Crippen molar-refractivity contribution in [1.29, 1.82) is 0 Å². The number of unbranched alkanes of at least 4 members (excludes halogenated alkanes) is 38. The number of aliphatic carboxylic acids is 1. The average Bonchev–Trinajstić information content (AvgIpc) is 3.64. The molecule has 514 valence electrons. The Morgan fingerprint density at radius 2 is 0.640 bits per heavy atom. The topological polar surface area (TPSA) is 111 Å². The van der Waals surface area contributed by atoms with Crippen LogP contribution in [0.1, 0.15) is 335 Å². The minimum Gasteiger partial charge on any atom is -0.545 e. The maximum Gasteiger partial charge on any atom is 0.306 e. The van der Waals surface area contributed by atoms with Crippen molar-refractivity contribution >= 4 is 17.9 Å². The van der Waals surface area contributed by atoms with Gasteiger partial charge in [0.1, 0.15) is 13.2 Å². The van der Waals surface area contributed by atoms with Gasteiger partial charge in [0.15, 0.2) is 12.4 Å². The highest BCUT2D eigenvalue weighted by molar-refractivity contribution is 5.70. The van der Waals surface area contributed by atoms with E-state index >= 15 is 0 Å². The van der Waals surface area contributed by atoms with E-state index < -0.39 is 24.3 Å². The molecule has 0 saturated heterocycles. The number of likely N-dealkylation sites (N-methyl/N-ethyl adjacent to an activating group) is 1. The highest BCUT2D eigenvalue weighted by atomic mass is 16.7. The zero-order valence-corrected chi connectivity index (χ0v) is 58.8. The highest BCUT2D eigenvalue weighted by Gasteiger charge is 2.22. The smallest absolute Gasteiger partial charge is 0.306 e. The molecule has 0 heterocycles. The lowest BCUT2D eigenvalue weighted by Gasteiger charge is -2.26. The maximum atomic E-state index is 13.0. The third-order valence-electron chi connectivity index (χ3n) is 16.3. The highest BCUT2D eigenvalue weighted by Crippen LogP contribution is 2.18. The molecule has 0 aromatic rings. The Balaban J connectivity index is 4.02. The fraction of sp³-hybridized carbons (Fsp3) is 0.762. The summed E-state index contributed by atoms with van der Waals surface area (Å²) < 4.78 is 22.8. The third-order valence-corrected chi connectivity index (χ3v) is 16.3. The average molecular weight is 1250 g/mol. The van der Waals surface area contributed by atoms with Crippen molar-refractivity contribution in [3.05, 3.63) is 97.2 Å². The first-order chi connectivity index (χ1) is 43.6. The number of carbonyl (C=O) groups is 3. The van der Waals surface area contributed by atoms with Gasteiger partial charge in [-0.3, -0.25) is 9.59 Å². The van der Waals surface area contributed by atoms with E-state index in [9.17, 15) is 19.5 Å². The lowest BCUT2D eigenvalue weighted by Crippen LogP contribution is -2.44. The number of hydrogen-bond acceptors (Lipinski definition) is 8. The number of carboxylic acid groups (broad SMARTS) is 1. The molecule has 0 fully saturated rings. The normalized spacial score (nSPS) is 13.2. The molecule has 0 aliphatic carbocycles. The van der Waals surface area contributed by atoms with Gasteiger partial charge in [-0.25, -0.2) is 0 Å². The van der Waals surface area contributed by atoms with Crippen molar-refractivity contribution in [2.75, 3.05) is 47.5 Å². The van der Waals surface area contributed by atoms with Crippen LogP contribution in [0.3, 0.4) is 0 Å². The number of carbonyl (C=O) groups excluding carboxylic acids is 3. The molecule has 9 nitrogen and oxygen atoms in total. The van der Waals surface area contributed by atoms with Crippen molar-refractivity contribution in [3.63, 3.8) is 0 Å². The standard InChI is InChI=1S/C80H141NO8/c1-6-8-10-12-14-16-18-20-22-24-26-28-30-32-33-34-35-36-37-38-39-40-41-42-43-44-45-47-49-51-53-55-57-59-61-63-65-67-69-71-78(83)89-76(75-88-80(79(84)85)86-73-72-81(3,4)5)74-87-77(82)70-68-66-64-62-60-58-56-54-52-50-48-46-31-29-27-25-23-21-19-17-15-13-11-9-7-2/h8,10,14,16,19-22,25-28,31-33,46,76,80H,6-7,9,11-13,15,17-18,23-24,29-30,34-45,47-75H2,1-5H3/b10-8-,16-14-,21-19-,22-20-,27-25-,28-26-,33-32-,46-31-. The molecule has 9 heteroatoms. The van der Waals surface area contributed by atoms with Gasteiger partial charge in [-0.05, 0) is 96.3 Å². The van der Waals surface area contributed by atoms with E-state index in [2.05, 4.69) is 111 Å². The van der Waals surface area contributed by atoms with Crippen molar-refractivity contribution in [1.82, 2.24) is 0 Å². The van der Waals surface area contributed by atoms with E-state index in [1.54, 1.807) is 0 Å². The predicted molar refractivity (Wildman–Crippen MR) is 380 cm³/mol. The number of rotatable bonds is 69. The van der Waals surface area contributed by atoms with Crippen molar-refractivity contribution in [2.24, 2.45) is 0 Å². The summed E-state index contributed by atoms with van der Waals surface area (Å²) in [6.45, 7) is 4.66. The molecule has 2 unspecified atom stereocenters. The van der Waals surface area contributed by atoms with Gasteiger partial charge in [-0.15, -0.1) is 0 Å². The SMILES string of the molecule is CC/C=C\C/C=C\C/C=C\C/C=C\C/C=C\CCCCCCCCCCCCCCCCCCCCCCCCCC(=O)OC(COC(=O)CCCCCCCCCCCC/C=C\C/C=C\C/C=C\CCCCCCC)COC(OCC[N+](C)(C)C)C(=O)[O-]. The van der Waals surface area contributed by atoms with Crippen LogP contribution in [-0.4, -0.2) is 82.3 Å². The molecule has 89 heavy (non-hydrogen) atoms. The van der Waals surface area contributed by atoms with E-state index in [4.69, 9.17) is 18.9 Å². The molecule has 0 saturated carbocycles. The van der Waals surface area contributed by atoms with Gasteiger partial charge in [0.05, 0.1) is 40.3 Å². The van der Waals surface area contributed by atoms with Crippen LogP contribution >= 0.6 is 0 Å². The number of nitrogens with zero attached hydrogens (tertiary/aromatic N) is 1. The summed E-state index contributed by atoms with van der Waals surface area (Å²) in [6.07, 6.45) is 93.6. The van der Waals surface area contributed by atoms with Crippen molar-refractivity contribution in [3.8, 4) is 0 Å². The van der Waals surface area contributed by atoms with E-state index in [0.717, 1.165) is 77.0 Å². The Labute approximate surface area is 550 Å². The van der Waals surface area contributed by atoms with E-state index in [0.29, 0.717) is 17.4 Å². The summed E-state index contributed by atoms with van der Waals surface area (Å²) in [7, 11) is 5.94. The zero-order valence-electron chi connectivity index (χ0n) is 58.8. The fourth-order valence-electron chi connectivity index (χ4n) is 10.6. The number of ether oxygens (including phenoxy) is 4. The zero-order chi connectivity index (χ0) is 64.7. The second-order valence-electron chi connectivity index (χ2n) is 26.2. The van der Waals surface area contributed by atoms with Crippen molar-refractivity contribution in [2.45, 2.75) is 347 Å². The molecule has 0 aromatic carbocycles. The van der Waals surface area contributed by atoms with Crippen LogP contribution in [0.15, 0.2) is 97.2 Å². The number of hydrogen-bond donors (Lipinski definition) is 0.